The number of nitro groups is 1. The van der Waals surface area contributed by atoms with Gasteiger partial charge < -0.3 is 4.90 Å². The summed E-state index contributed by atoms with van der Waals surface area (Å²) in [4.78, 5) is 25.6. The van der Waals surface area contributed by atoms with Gasteiger partial charge >= 0.3 is 0 Å². The molecule has 29 heavy (non-hydrogen) atoms. The predicted molar refractivity (Wildman–Crippen MR) is 116 cm³/mol. The molecule has 0 atom stereocenters. The van der Waals surface area contributed by atoms with Crippen LogP contribution in [0.1, 0.15) is 34.5 Å². The third-order valence-electron chi connectivity index (χ3n) is 4.93. The average molecular weight is 408 g/mol. The van der Waals surface area contributed by atoms with Crippen molar-refractivity contribution >= 4 is 44.9 Å². The van der Waals surface area contributed by atoms with E-state index >= 15 is 0 Å². The lowest BCUT2D eigenvalue weighted by molar-refractivity contribution is -0.384. The number of hydrogen-bond donors (Lipinski definition) is 1. The Bertz CT molecular complexity index is 1070. The summed E-state index contributed by atoms with van der Waals surface area (Å²) in [5.74, 6) is -0.338. The van der Waals surface area contributed by atoms with Crippen molar-refractivity contribution in [1.82, 2.24) is 5.43 Å². The highest BCUT2D eigenvalue weighted by Gasteiger charge is 2.13. The van der Waals surface area contributed by atoms with Crippen LogP contribution in [-0.2, 0) is 0 Å². The molecular weight excluding hydrogens is 388 g/mol. The van der Waals surface area contributed by atoms with Crippen LogP contribution in [0.15, 0.2) is 53.6 Å². The molecule has 148 valence electrons. The molecule has 2 heterocycles. The van der Waals surface area contributed by atoms with Gasteiger partial charge in [-0.1, -0.05) is 12.1 Å². The van der Waals surface area contributed by atoms with E-state index in [0.29, 0.717) is 10.3 Å². The molecule has 1 fully saturated rings. The van der Waals surface area contributed by atoms with E-state index in [1.54, 1.807) is 18.3 Å². The van der Waals surface area contributed by atoms with Crippen molar-refractivity contribution < 1.29 is 9.72 Å². The van der Waals surface area contributed by atoms with Crippen LogP contribution in [0.25, 0.3) is 10.1 Å². The Morgan fingerprint density at radius 1 is 1.10 bits per heavy atom. The first-order chi connectivity index (χ1) is 14.1. The summed E-state index contributed by atoms with van der Waals surface area (Å²) in [5, 5.41) is 15.6. The molecule has 0 spiro atoms. The number of thiophene rings is 1. The number of anilines is 1. The number of carbonyl (C=O) groups excluding carboxylic acids is 1. The molecule has 1 saturated heterocycles. The quantitative estimate of drug-likeness (QED) is 0.381. The second-order valence-corrected chi connectivity index (χ2v) is 8.01. The number of nitro benzene ring substituents is 1. The lowest BCUT2D eigenvalue weighted by Crippen LogP contribution is -2.29. The lowest BCUT2D eigenvalue weighted by Gasteiger charge is -2.28. The van der Waals surface area contributed by atoms with Crippen molar-refractivity contribution in [2.45, 2.75) is 19.3 Å². The molecule has 4 rings (SSSR count). The van der Waals surface area contributed by atoms with Gasteiger partial charge in [-0.15, -0.1) is 11.3 Å². The van der Waals surface area contributed by atoms with E-state index in [-0.39, 0.29) is 11.6 Å². The summed E-state index contributed by atoms with van der Waals surface area (Å²) >= 11 is 1.28. The van der Waals surface area contributed by atoms with Crippen molar-refractivity contribution in [2.75, 3.05) is 18.0 Å². The monoisotopic (exact) mass is 408 g/mol. The summed E-state index contributed by atoms with van der Waals surface area (Å²) in [6.45, 7) is 2.20. The maximum Gasteiger partial charge on any atom is 0.281 e. The Kier molecular flexibility index (Phi) is 5.53. The highest BCUT2D eigenvalue weighted by Crippen LogP contribution is 2.29. The maximum absolute atomic E-state index is 12.3. The number of amides is 1. The first kappa shape index (κ1) is 19.1. The van der Waals surface area contributed by atoms with Crippen LogP contribution in [0, 0.1) is 10.1 Å². The molecule has 0 aliphatic carbocycles. The molecule has 1 N–H and O–H groups in total. The molecule has 1 aliphatic heterocycles. The number of benzene rings is 2. The third kappa shape index (κ3) is 4.43. The minimum Gasteiger partial charge on any atom is -0.372 e. The normalized spacial score (nSPS) is 14.4. The van der Waals surface area contributed by atoms with Gasteiger partial charge in [-0.2, -0.15) is 5.10 Å². The maximum atomic E-state index is 12.3. The second kappa shape index (κ2) is 8.40. The zero-order chi connectivity index (χ0) is 20.2. The van der Waals surface area contributed by atoms with Crippen LogP contribution >= 0.6 is 11.3 Å². The standard InChI is InChI=1S/C21H20N4O3S/c26-21(20-13-16-12-18(25(27)28)8-9-19(16)29-20)23-22-14-15-4-6-17(7-5-15)24-10-2-1-3-11-24/h4-9,12-14H,1-3,10-11H2,(H,23,26). The number of carbonyl (C=O) groups is 1. The lowest BCUT2D eigenvalue weighted by atomic mass is 10.1. The van der Waals surface area contributed by atoms with E-state index in [4.69, 9.17) is 0 Å². The predicted octanol–water partition coefficient (Wildman–Crippen LogP) is 4.56. The first-order valence-corrected chi connectivity index (χ1v) is 10.3. The van der Waals surface area contributed by atoms with Crippen molar-refractivity contribution in [3.05, 3.63) is 69.1 Å². The molecule has 1 aliphatic rings. The second-order valence-electron chi connectivity index (χ2n) is 6.93. The minimum atomic E-state index is -0.447. The minimum absolute atomic E-state index is 0.00767. The van der Waals surface area contributed by atoms with Crippen LogP contribution in [-0.4, -0.2) is 30.1 Å². The summed E-state index contributed by atoms with van der Waals surface area (Å²) in [6, 6.07) is 14.3. The van der Waals surface area contributed by atoms with Gasteiger partial charge in [-0.3, -0.25) is 14.9 Å². The number of fused-ring (bicyclic) bond motifs is 1. The molecule has 8 heteroatoms. The molecule has 0 radical (unpaired) electrons. The zero-order valence-electron chi connectivity index (χ0n) is 15.7. The van der Waals surface area contributed by atoms with Gasteiger partial charge in [-0.25, -0.2) is 5.43 Å². The number of nitrogens with zero attached hydrogens (tertiary/aromatic N) is 3. The van der Waals surface area contributed by atoms with Crippen molar-refractivity contribution in [3.63, 3.8) is 0 Å². The molecule has 0 bridgehead atoms. The number of hydrazone groups is 1. The molecule has 0 saturated carbocycles. The molecule has 3 aromatic rings. The van der Waals surface area contributed by atoms with Gasteiger partial charge in [0.2, 0.25) is 0 Å². The molecule has 1 aromatic heterocycles. The van der Waals surface area contributed by atoms with Crippen LogP contribution < -0.4 is 10.3 Å². The fraction of sp³-hybridized carbons (Fsp3) is 0.238. The van der Waals surface area contributed by atoms with Crippen molar-refractivity contribution in [3.8, 4) is 0 Å². The first-order valence-electron chi connectivity index (χ1n) is 9.46. The number of nitrogens with one attached hydrogen (secondary N) is 1. The highest BCUT2D eigenvalue weighted by molar-refractivity contribution is 7.20. The Balaban J connectivity index is 1.39. The fourth-order valence-electron chi connectivity index (χ4n) is 3.40. The molecule has 0 unspecified atom stereocenters. The van der Waals surface area contributed by atoms with Gasteiger partial charge in [-0.05, 0) is 49.1 Å². The van der Waals surface area contributed by atoms with Gasteiger partial charge in [0.1, 0.15) is 0 Å². The van der Waals surface area contributed by atoms with E-state index < -0.39 is 4.92 Å². The van der Waals surface area contributed by atoms with Crippen molar-refractivity contribution in [2.24, 2.45) is 5.10 Å². The van der Waals surface area contributed by atoms with Gasteiger partial charge in [0.05, 0.1) is 16.0 Å². The van der Waals surface area contributed by atoms with Crippen LogP contribution in [0.5, 0.6) is 0 Å². The Hall–Kier alpha value is -3.26. The smallest absolute Gasteiger partial charge is 0.281 e. The van der Waals surface area contributed by atoms with E-state index in [9.17, 15) is 14.9 Å². The van der Waals surface area contributed by atoms with Crippen molar-refractivity contribution in [1.29, 1.82) is 0 Å². The Morgan fingerprint density at radius 2 is 1.86 bits per heavy atom. The highest BCUT2D eigenvalue weighted by atomic mass is 32.1. The fourth-order valence-corrected chi connectivity index (χ4v) is 4.33. The van der Waals surface area contributed by atoms with Crippen LogP contribution in [0.4, 0.5) is 11.4 Å². The van der Waals surface area contributed by atoms with Gasteiger partial charge in [0.25, 0.3) is 11.6 Å². The molecule has 2 aromatic carbocycles. The summed E-state index contributed by atoms with van der Waals surface area (Å²) in [6.07, 6.45) is 5.38. The van der Waals surface area contributed by atoms with Crippen LogP contribution in [0.3, 0.4) is 0 Å². The third-order valence-corrected chi connectivity index (χ3v) is 6.04. The van der Waals surface area contributed by atoms with Gasteiger partial charge in [0, 0.05) is 41.0 Å². The number of rotatable bonds is 5. The number of piperidine rings is 1. The topological polar surface area (TPSA) is 87.8 Å². The SMILES string of the molecule is O=C(NN=Cc1ccc(N2CCCCC2)cc1)c1cc2cc([N+](=O)[O-])ccc2s1. The molecule has 7 nitrogen and oxygen atoms in total. The molecular formula is C21H20N4O3S. The molecule has 1 amide bonds. The van der Waals surface area contributed by atoms with E-state index in [1.165, 1.54) is 48.4 Å². The van der Waals surface area contributed by atoms with E-state index in [1.807, 2.05) is 12.1 Å². The largest absolute Gasteiger partial charge is 0.372 e. The number of hydrogen-bond acceptors (Lipinski definition) is 6. The van der Waals surface area contributed by atoms with Crippen LogP contribution in [0.2, 0.25) is 0 Å². The Morgan fingerprint density at radius 3 is 2.59 bits per heavy atom. The van der Waals surface area contributed by atoms with E-state index in [0.717, 1.165) is 23.4 Å². The summed E-state index contributed by atoms with van der Waals surface area (Å²) < 4.78 is 0.818. The Labute approximate surface area is 171 Å². The summed E-state index contributed by atoms with van der Waals surface area (Å²) in [7, 11) is 0. The zero-order valence-corrected chi connectivity index (χ0v) is 16.5. The number of non-ortho nitro benzene ring substituents is 1. The average Bonchev–Trinajstić information content (AvgIpc) is 3.18. The summed E-state index contributed by atoms with van der Waals surface area (Å²) in [5.41, 5.74) is 4.64. The van der Waals surface area contributed by atoms with E-state index in [2.05, 4.69) is 27.6 Å². The van der Waals surface area contributed by atoms with Gasteiger partial charge in [0.15, 0.2) is 0 Å².